The van der Waals surface area contributed by atoms with Crippen LogP contribution in [0.15, 0.2) is 0 Å². The molecule has 98 valence electrons. The van der Waals surface area contributed by atoms with Gasteiger partial charge >= 0.3 is 5.97 Å². The molecule has 17 heavy (non-hydrogen) atoms. The number of rotatable bonds is 7. The molecule has 0 aromatic carbocycles. The average Bonchev–Trinajstić information content (AvgIpc) is 2.08. The fourth-order valence-electron chi connectivity index (χ4n) is 1.02. The molecule has 0 heterocycles. The summed E-state index contributed by atoms with van der Waals surface area (Å²) < 4.78 is 21.6. The average molecular weight is 266 g/mol. The third-order valence-electron chi connectivity index (χ3n) is 1.71. The first-order valence-electron chi connectivity index (χ1n) is 4.60. The van der Waals surface area contributed by atoms with Crippen LogP contribution in [0, 0.1) is 0 Å². The predicted molar refractivity (Wildman–Crippen MR) is 57.7 cm³/mol. The molecule has 4 N–H and O–H groups in total. The van der Waals surface area contributed by atoms with Gasteiger partial charge in [-0.05, 0) is 6.42 Å². The minimum atomic E-state index is -3.52. The Hall–Kier alpha value is -1.64. The highest BCUT2D eigenvalue weighted by atomic mass is 32.2. The maximum Gasteiger partial charge on any atom is 0.326 e. The normalized spacial score (nSPS) is 12.8. The molecule has 0 aliphatic rings. The van der Waals surface area contributed by atoms with Crippen molar-refractivity contribution >= 4 is 27.6 Å². The smallest absolute Gasteiger partial charge is 0.326 e. The fourth-order valence-corrected chi connectivity index (χ4v) is 1.58. The Morgan fingerprint density at radius 3 is 2.24 bits per heavy atom. The van der Waals surface area contributed by atoms with Gasteiger partial charge < -0.3 is 16.2 Å². The van der Waals surface area contributed by atoms with E-state index in [1.807, 2.05) is 5.32 Å². The highest BCUT2D eigenvalue weighted by molar-refractivity contribution is 7.91. The van der Waals surface area contributed by atoms with Gasteiger partial charge in [-0.15, -0.1) is 0 Å². The number of hydrogen-bond acceptors (Lipinski definition) is 5. The van der Waals surface area contributed by atoms with Crippen LogP contribution in [-0.4, -0.2) is 49.4 Å². The van der Waals surface area contributed by atoms with Gasteiger partial charge in [0.1, 0.15) is 11.8 Å². The van der Waals surface area contributed by atoms with E-state index >= 15 is 0 Å². The van der Waals surface area contributed by atoms with Gasteiger partial charge in [-0.3, -0.25) is 9.59 Å². The van der Waals surface area contributed by atoms with Gasteiger partial charge in [-0.1, -0.05) is 0 Å². The van der Waals surface area contributed by atoms with Crippen molar-refractivity contribution in [1.29, 1.82) is 0 Å². The van der Waals surface area contributed by atoms with Crippen LogP contribution >= 0.6 is 0 Å². The molecular formula is C8H14N2O6S. The van der Waals surface area contributed by atoms with E-state index in [-0.39, 0.29) is 12.8 Å². The molecule has 0 rings (SSSR count). The molecule has 0 aromatic heterocycles. The molecule has 0 bridgehead atoms. The van der Waals surface area contributed by atoms with E-state index in [0.29, 0.717) is 0 Å². The Kier molecular flexibility index (Phi) is 5.59. The molecule has 0 aliphatic heterocycles. The number of nitrogens with one attached hydrogen (secondary N) is 1. The molecule has 0 saturated carbocycles. The lowest BCUT2D eigenvalue weighted by molar-refractivity contribution is -0.141. The van der Waals surface area contributed by atoms with Crippen LogP contribution in [-0.2, 0) is 24.2 Å². The second kappa shape index (κ2) is 6.18. The van der Waals surface area contributed by atoms with E-state index < -0.39 is 39.4 Å². The lowest BCUT2D eigenvalue weighted by Gasteiger charge is -2.13. The summed E-state index contributed by atoms with van der Waals surface area (Å²) in [5.41, 5.74) is 4.83. The van der Waals surface area contributed by atoms with Crippen LogP contribution in [0.5, 0.6) is 0 Å². The van der Waals surface area contributed by atoms with Crippen molar-refractivity contribution in [3.63, 3.8) is 0 Å². The summed E-state index contributed by atoms with van der Waals surface area (Å²) in [4.78, 5) is 32.3. The lowest BCUT2D eigenvalue weighted by Crippen LogP contribution is -2.43. The molecule has 0 fully saturated rings. The second-order valence-corrected chi connectivity index (χ2v) is 5.67. The van der Waals surface area contributed by atoms with Gasteiger partial charge in [-0.2, -0.15) is 0 Å². The zero-order valence-corrected chi connectivity index (χ0v) is 9.99. The Bertz CT molecular complexity index is 416. The summed E-state index contributed by atoms with van der Waals surface area (Å²) >= 11 is 0. The van der Waals surface area contributed by atoms with Gasteiger partial charge in [0, 0.05) is 12.7 Å². The first kappa shape index (κ1) is 15.4. The van der Waals surface area contributed by atoms with Crippen molar-refractivity contribution in [1.82, 2.24) is 5.32 Å². The maximum absolute atomic E-state index is 11.1. The largest absolute Gasteiger partial charge is 0.480 e. The number of sulfone groups is 1. The summed E-state index contributed by atoms with van der Waals surface area (Å²) in [5.74, 6) is -3.78. The summed E-state index contributed by atoms with van der Waals surface area (Å²) in [6.07, 6.45) is 0.460. The minimum absolute atomic E-state index is 0.180. The van der Waals surface area contributed by atoms with E-state index in [1.165, 1.54) is 0 Å². The SMILES string of the molecule is CS(=O)(=O)CC(=O)NC(CCC(N)=O)C(=O)O. The van der Waals surface area contributed by atoms with E-state index in [4.69, 9.17) is 10.8 Å². The first-order valence-corrected chi connectivity index (χ1v) is 6.66. The van der Waals surface area contributed by atoms with E-state index in [1.54, 1.807) is 0 Å². The number of carboxylic acids is 1. The third-order valence-corrected chi connectivity index (χ3v) is 2.49. The number of amides is 2. The summed E-state index contributed by atoms with van der Waals surface area (Å²) in [6, 6.07) is -1.32. The second-order valence-electron chi connectivity index (χ2n) is 3.53. The Balaban J connectivity index is 4.40. The number of nitrogens with two attached hydrogens (primary N) is 1. The molecule has 1 atom stereocenters. The summed E-state index contributed by atoms with van der Waals surface area (Å²) in [7, 11) is -3.52. The summed E-state index contributed by atoms with van der Waals surface area (Å²) in [5, 5.41) is 10.7. The Labute approximate surface area is 98.1 Å². The van der Waals surface area contributed by atoms with Gasteiger partial charge in [-0.25, -0.2) is 13.2 Å². The minimum Gasteiger partial charge on any atom is -0.480 e. The number of primary amides is 1. The van der Waals surface area contributed by atoms with Crippen LogP contribution in [0.25, 0.3) is 0 Å². The molecule has 0 radical (unpaired) electrons. The van der Waals surface area contributed by atoms with Gasteiger partial charge in [0.15, 0.2) is 9.84 Å². The molecule has 2 amide bonds. The highest BCUT2D eigenvalue weighted by Crippen LogP contribution is 1.98. The molecule has 0 aliphatic carbocycles. The van der Waals surface area contributed by atoms with Crippen LogP contribution < -0.4 is 11.1 Å². The molecule has 0 spiro atoms. The van der Waals surface area contributed by atoms with Gasteiger partial charge in [0.25, 0.3) is 0 Å². The summed E-state index contributed by atoms with van der Waals surface area (Å²) in [6.45, 7) is 0. The van der Waals surface area contributed by atoms with Crippen molar-refractivity contribution in [2.75, 3.05) is 12.0 Å². The highest BCUT2D eigenvalue weighted by Gasteiger charge is 2.22. The number of carbonyl (C=O) groups is 3. The topological polar surface area (TPSA) is 144 Å². The quantitative estimate of drug-likeness (QED) is 0.480. The third kappa shape index (κ3) is 8.20. The van der Waals surface area contributed by atoms with Crippen molar-refractivity contribution in [2.45, 2.75) is 18.9 Å². The van der Waals surface area contributed by atoms with E-state index in [2.05, 4.69) is 0 Å². The molecule has 0 aromatic rings. The molecule has 8 nitrogen and oxygen atoms in total. The first-order chi connectivity index (χ1) is 7.61. The fraction of sp³-hybridized carbons (Fsp3) is 0.625. The van der Waals surface area contributed by atoms with Crippen molar-refractivity contribution in [2.24, 2.45) is 5.73 Å². The standard InChI is InChI=1S/C8H14N2O6S/c1-17(15,16)4-7(12)10-5(8(13)14)2-3-6(9)11/h5H,2-4H2,1H3,(H2,9,11)(H,10,12)(H,13,14). The van der Waals surface area contributed by atoms with Crippen LogP contribution in [0.3, 0.4) is 0 Å². The number of hydrogen-bond donors (Lipinski definition) is 3. The number of carbonyl (C=O) groups excluding carboxylic acids is 2. The van der Waals surface area contributed by atoms with Crippen molar-refractivity contribution in [3.8, 4) is 0 Å². The Morgan fingerprint density at radius 1 is 1.35 bits per heavy atom. The Morgan fingerprint density at radius 2 is 1.88 bits per heavy atom. The van der Waals surface area contributed by atoms with Crippen LogP contribution in [0.1, 0.15) is 12.8 Å². The monoisotopic (exact) mass is 266 g/mol. The van der Waals surface area contributed by atoms with Crippen molar-refractivity contribution in [3.05, 3.63) is 0 Å². The number of aliphatic carboxylic acids is 1. The number of carboxylic acid groups (broad SMARTS) is 1. The predicted octanol–water partition coefficient (Wildman–Crippen LogP) is -2.13. The molecule has 1 unspecified atom stereocenters. The van der Waals surface area contributed by atoms with E-state index in [9.17, 15) is 22.8 Å². The zero-order valence-electron chi connectivity index (χ0n) is 9.17. The van der Waals surface area contributed by atoms with Crippen LogP contribution in [0.2, 0.25) is 0 Å². The van der Waals surface area contributed by atoms with Gasteiger partial charge in [0.05, 0.1) is 0 Å². The molecule has 0 saturated heterocycles. The molecular weight excluding hydrogens is 252 g/mol. The van der Waals surface area contributed by atoms with E-state index in [0.717, 1.165) is 6.26 Å². The molecule has 9 heteroatoms. The van der Waals surface area contributed by atoms with Gasteiger partial charge in [0.2, 0.25) is 11.8 Å². The zero-order chi connectivity index (χ0) is 13.6. The van der Waals surface area contributed by atoms with Crippen molar-refractivity contribution < 1.29 is 27.9 Å². The van der Waals surface area contributed by atoms with Crippen LogP contribution in [0.4, 0.5) is 0 Å². The lowest BCUT2D eigenvalue weighted by atomic mass is 10.1. The maximum atomic E-state index is 11.1.